The van der Waals surface area contributed by atoms with Gasteiger partial charge in [0.1, 0.15) is 12.4 Å². The largest absolute Gasteiger partial charge is 0.455 e. The minimum Gasteiger partial charge on any atom is -0.455 e. The number of amides is 1. The smallest absolute Gasteiger partial charge is 0.411 e. The van der Waals surface area contributed by atoms with Crippen molar-refractivity contribution in [2.45, 2.75) is 51.8 Å². The Kier molecular flexibility index (Phi) is 5.33. The van der Waals surface area contributed by atoms with Gasteiger partial charge in [0, 0.05) is 22.1 Å². The SMILES string of the molecule is CC(C)(C)c1oc(C(=O)Nc2ccc3c4c(cccc24)CC3)cc1COCC(F)(F)F. The molecule has 0 atom stereocenters. The molecule has 0 saturated heterocycles. The first kappa shape index (κ1) is 21.4. The number of aryl methyl sites for hydroxylation is 2. The number of halogens is 3. The van der Waals surface area contributed by atoms with Crippen LogP contribution in [0.5, 0.6) is 0 Å². The summed E-state index contributed by atoms with van der Waals surface area (Å²) in [5, 5.41) is 5.05. The second-order valence-electron chi connectivity index (χ2n) is 8.89. The molecule has 0 radical (unpaired) electrons. The molecule has 3 aromatic rings. The Bertz CT molecular complexity index is 1130. The highest BCUT2D eigenvalue weighted by molar-refractivity contribution is 6.09. The van der Waals surface area contributed by atoms with Crippen LogP contribution in [0.1, 0.15) is 53.8 Å². The van der Waals surface area contributed by atoms with Gasteiger partial charge in [0.2, 0.25) is 0 Å². The van der Waals surface area contributed by atoms with Crippen molar-refractivity contribution in [3.05, 3.63) is 64.6 Å². The van der Waals surface area contributed by atoms with Crippen LogP contribution in [0, 0.1) is 0 Å². The minimum atomic E-state index is -4.42. The van der Waals surface area contributed by atoms with Crippen LogP contribution < -0.4 is 5.32 Å². The summed E-state index contributed by atoms with van der Waals surface area (Å²) >= 11 is 0. The monoisotopic (exact) mass is 431 g/mol. The van der Waals surface area contributed by atoms with E-state index in [0.717, 1.165) is 18.2 Å². The number of benzene rings is 2. The van der Waals surface area contributed by atoms with Crippen LogP contribution in [0.25, 0.3) is 10.8 Å². The maximum absolute atomic E-state index is 12.9. The summed E-state index contributed by atoms with van der Waals surface area (Å²) in [5.41, 5.74) is 3.14. The highest BCUT2D eigenvalue weighted by atomic mass is 19.4. The van der Waals surface area contributed by atoms with E-state index in [4.69, 9.17) is 9.15 Å². The second kappa shape index (κ2) is 7.71. The average molecular weight is 431 g/mol. The Balaban J connectivity index is 1.60. The number of rotatable bonds is 5. The predicted octanol–water partition coefficient (Wildman–Crippen LogP) is 6.16. The molecule has 4 nitrogen and oxygen atoms in total. The Morgan fingerprint density at radius 3 is 2.48 bits per heavy atom. The average Bonchev–Trinajstić information content (AvgIpc) is 3.28. The highest BCUT2D eigenvalue weighted by Crippen LogP contribution is 2.36. The van der Waals surface area contributed by atoms with Crippen molar-refractivity contribution < 1.29 is 27.1 Å². The third-order valence-electron chi connectivity index (χ3n) is 5.36. The molecule has 31 heavy (non-hydrogen) atoms. The highest BCUT2D eigenvalue weighted by Gasteiger charge is 2.30. The second-order valence-corrected chi connectivity index (χ2v) is 8.89. The van der Waals surface area contributed by atoms with E-state index >= 15 is 0 Å². The van der Waals surface area contributed by atoms with Gasteiger partial charge in [-0.3, -0.25) is 4.79 Å². The van der Waals surface area contributed by atoms with Gasteiger partial charge in [0.15, 0.2) is 5.76 Å². The molecule has 2 aromatic carbocycles. The number of nitrogens with one attached hydrogen (secondary N) is 1. The van der Waals surface area contributed by atoms with Crippen molar-refractivity contribution in [2.75, 3.05) is 11.9 Å². The Morgan fingerprint density at radius 1 is 1.10 bits per heavy atom. The molecule has 0 bridgehead atoms. The molecule has 0 saturated carbocycles. The van der Waals surface area contributed by atoms with Crippen LogP contribution in [0.3, 0.4) is 0 Å². The zero-order valence-electron chi connectivity index (χ0n) is 17.7. The molecule has 0 fully saturated rings. The van der Waals surface area contributed by atoms with Crippen LogP contribution >= 0.6 is 0 Å². The van der Waals surface area contributed by atoms with E-state index in [9.17, 15) is 18.0 Å². The van der Waals surface area contributed by atoms with E-state index in [1.165, 1.54) is 22.6 Å². The van der Waals surface area contributed by atoms with Crippen LogP contribution in [0.4, 0.5) is 18.9 Å². The number of hydrogen-bond donors (Lipinski definition) is 1. The summed E-state index contributed by atoms with van der Waals surface area (Å²) in [4.78, 5) is 12.9. The fraction of sp³-hybridized carbons (Fsp3) is 0.375. The van der Waals surface area contributed by atoms with Crippen LogP contribution in [-0.2, 0) is 29.6 Å². The number of anilines is 1. The first-order valence-corrected chi connectivity index (χ1v) is 10.2. The molecule has 1 aromatic heterocycles. The molecule has 1 heterocycles. The molecule has 0 aliphatic heterocycles. The number of carbonyl (C=O) groups excluding carboxylic acids is 1. The van der Waals surface area contributed by atoms with Crippen molar-refractivity contribution in [1.29, 1.82) is 0 Å². The normalized spacial score (nSPS) is 13.7. The van der Waals surface area contributed by atoms with Crippen molar-refractivity contribution >= 4 is 22.4 Å². The maximum atomic E-state index is 12.9. The zero-order chi connectivity index (χ0) is 22.4. The molecular formula is C24H24F3NO3. The van der Waals surface area contributed by atoms with E-state index in [0.29, 0.717) is 17.0 Å². The van der Waals surface area contributed by atoms with Gasteiger partial charge in [-0.25, -0.2) is 0 Å². The summed E-state index contributed by atoms with van der Waals surface area (Å²) in [5.74, 6) is 0.0188. The Labute approximate surface area is 178 Å². The topological polar surface area (TPSA) is 51.5 Å². The molecule has 1 aliphatic carbocycles. The van der Waals surface area contributed by atoms with E-state index in [2.05, 4.69) is 11.4 Å². The quantitative estimate of drug-likeness (QED) is 0.526. The van der Waals surface area contributed by atoms with Crippen molar-refractivity contribution in [2.24, 2.45) is 0 Å². The molecular weight excluding hydrogens is 407 g/mol. The standard InChI is InChI=1S/C24H24F3NO3/c1-23(2,3)21-16(12-30-13-24(25,26)27)11-19(31-21)22(29)28-18-10-9-15-8-7-14-5-4-6-17(18)20(14)15/h4-6,9-11H,7-8,12-13H2,1-3H3,(H,28,29). The first-order chi connectivity index (χ1) is 14.5. The molecule has 7 heteroatoms. The maximum Gasteiger partial charge on any atom is 0.411 e. The van der Waals surface area contributed by atoms with Crippen molar-refractivity contribution in [3.8, 4) is 0 Å². The van der Waals surface area contributed by atoms with Gasteiger partial charge < -0.3 is 14.5 Å². The van der Waals surface area contributed by atoms with Gasteiger partial charge in [-0.1, -0.05) is 45.0 Å². The van der Waals surface area contributed by atoms with E-state index in [1.807, 2.05) is 45.0 Å². The van der Waals surface area contributed by atoms with Crippen molar-refractivity contribution in [1.82, 2.24) is 0 Å². The summed E-state index contributed by atoms with van der Waals surface area (Å²) in [6, 6.07) is 11.4. The molecule has 1 N–H and O–H groups in total. The summed E-state index contributed by atoms with van der Waals surface area (Å²) in [7, 11) is 0. The fourth-order valence-corrected chi connectivity index (χ4v) is 4.10. The third-order valence-corrected chi connectivity index (χ3v) is 5.36. The number of ether oxygens (including phenoxy) is 1. The summed E-state index contributed by atoms with van der Waals surface area (Å²) in [6.07, 6.45) is -2.45. The number of alkyl halides is 3. The lowest BCUT2D eigenvalue weighted by Crippen LogP contribution is -2.18. The summed E-state index contributed by atoms with van der Waals surface area (Å²) in [6.45, 7) is 3.95. The Hall–Kier alpha value is -2.80. The lowest BCUT2D eigenvalue weighted by Gasteiger charge is -2.17. The summed E-state index contributed by atoms with van der Waals surface area (Å²) < 4.78 is 47.9. The lowest BCUT2D eigenvalue weighted by atomic mass is 9.91. The van der Waals surface area contributed by atoms with Gasteiger partial charge in [0.25, 0.3) is 5.91 Å². The van der Waals surface area contributed by atoms with E-state index in [-0.39, 0.29) is 12.4 Å². The van der Waals surface area contributed by atoms with Crippen molar-refractivity contribution in [3.63, 3.8) is 0 Å². The molecule has 4 rings (SSSR count). The molecule has 164 valence electrons. The van der Waals surface area contributed by atoms with E-state index < -0.39 is 24.1 Å². The molecule has 0 unspecified atom stereocenters. The predicted molar refractivity (Wildman–Crippen MR) is 112 cm³/mol. The molecule has 0 spiro atoms. The Morgan fingerprint density at radius 2 is 1.81 bits per heavy atom. The number of carbonyl (C=O) groups is 1. The van der Waals surface area contributed by atoms with Gasteiger partial charge in [-0.05, 0) is 41.5 Å². The fourth-order valence-electron chi connectivity index (χ4n) is 4.10. The van der Waals surface area contributed by atoms with E-state index in [1.54, 1.807) is 0 Å². The number of hydrogen-bond acceptors (Lipinski definition) is 3. The van der Waals surface area contributed by atoms with Gasteiger partial charge in [-0.2, -0.15) is 13.2 Å². The van der Waals surface area contributed by atoms with Gasteiger partial charge in [0.05, 0.1) is 6.61 Å². The minimum absolute atomic E-state index is 0.0405. The van der Waals surface area contributed by atoms with Crippen LogP contribution in [-0.4, -0.2) is 18.7 Å². The third kappa shape index (κ3) is 4.46. The first-order valence-electron chi connectivity index (χ1n) is 10.2. The lowest BCUT2D eigenvalue weighted by molar-refractivity contribution is -0.176. The van der Waals surface area contributed by atoms with Gasteiger partial charge >= 0.3 is 6.18 Å². The number of furan rings is 1. The molecule has 1 aliphatic rings. The van der Waals surface area contributed by atoms with Crippen LogP contribution in [0.2, 0.25) is 0 Å². The van der Waals surface area contributed by atoms with Gasteiger partial charge in [-0.15, -0.1) is 0 Å². The molecule has 1 amide bonds. The zero-order valence-corrected chi connectivity index (χ0v) is 17.7. The van der Waals surface area contributed by atoms with Crippen LogP contribution in [0.15, 0.2) is 40.8 Å².